The summed E-state index contributed by atoms with van der Waals surface area (Å²) >= 11 is 0. The highest BCUT2D eigenvalue weighted by Crippen LogP contribution is 2.26. The van der Waals surface area contributed by atoms with Crippen LogP contribution in [0, 0.1) is 0 Å². The molecule has 2 N–H and O–H groups in total. The molecule has 0 bridgehead atoms. The first-order valence-electron chi connectivity index (χ1n) is 7.32. The van der Waals surface area contributed by atoms with Crippen molar-refractivity contribution in [3.05, 3.63) is 42.0 Å². The van der Waals surface area contributed by atoms with E-state index >= 15 is 0 Å². The number of anilines is 1. The number of aromatic amines is 1. The van der Waals surface area contributed by atoms with E-state index in [9.17, 15) is 9.59 Å². The van der Waals surface area contributed by atoms with Crippen LogP contribution in [0.5, 0.6) is 5.75 Å². The van der Waals surface area contributed by atoms with E-state index in [4.69, 9.17) is 4.74 Å². The molecule has 1 atom stereocenters. The number of H-pyrrole nitrogens is 1. The number of imidazole rings is 1. The molecule has 2 heterocycles. The fraction of sp³-hybridized carbons (Fsp3) is 0.312. The van der Waals surface area contributed by atoms with Crippen molar-refractivity contribution in [2.45, 2.75) is 25.9 Å². The second-order valence-electron chi connectivity index (χ2n) is 5.38. The maximum absolute atomic E-state index is 12.7. The lowest BCUT2D eigenvalue weighted by molar-refractivity contribution is -0.138. The molecule has 2 aromatic rings. The predicted molar refractivity (Wildman–Crippen MR) is 91.2 cm³/mol. The first-order valence-corrected chi connectivity index (χ1v) is 7.32. The fourth-order valence-corrected chi connectivity index (χ4v) is 2.76. The van der Waals surface area contributed by atoms with Gasteiger partial charge in [-0.25, -0.2) is 4.98 Å². The Morgan fingerprint density at radius 2 is 2.12 bits per heavy atom. The number of aromatic nitrogens is 2. The van der Waals surface area contributed by atoms with E-state index in [2.05, 4.69) is 15.3 Å². The normalized spacial score (nSPS) is 15.9. The number of fused-ring (bicyclic) bond motifs is 1. The molecule has 0 spiro atoms. The Hall–Kier alpha value is -2.54. The van der Waals surface area contributed by atoms with Gasteiger partial charge in [-0.2, -0.15) is 0 Å². The molecule has 0 saturated heterocycles. The van der Waals surface area contributed by atoms with E-state index in [1.54, 1.807) is 30.5 Å². The van der Waals surface area contributed by atoms with Crippen LogP contribution in [0.1, 0.15) is 18.3 Å². The Morgan fingerprint density at radius 3 is 2.83 bits per heavy atom. The Labute approximate surface area is 145 Å². The Bertz CT molecular complexity index is 746. The standard InChI is InChI=1S/C16H18N4O3.ClH/c1-10(21)20-8-13-12(17-9-18-13)7-14(20)16(22)19-11-5-3-4-6-15(11)23-2;/h3-6,9,14H,7-8H2,1-2H3,(H,17,18)(H,19,22);1H/t14-;/m0./s1. The summed E-state index contributed by atoms with van der Waals surface area (Å²) < 4.78 is 5.24. The maximum atomic E-state index is 12.7. The molecular weight excluding hydrogens is 332 g/mol. The van der Waals surface area contributed by atoms with E-state index in [0.717, 1.165) is 11.4 Å². The van der Waals surface area contributed by atoms with Crippen molar-refractivity contribution in [1.82, 2.24) is 14.9 Å². The molecule has 1 aromatic carbocycles. The highest BCUT2D eigenvalue weighted by Gasteiger charge is 2.34. The second kappa shape index (κ2) is 7.35. The molecule has 3 rings (SSSR count). The lowest BCUT2D eigenvalue weighted by Crippen LogP contribution is -2.50. The van der Waals surface area contributed by atoms with Gasteiger partial charge in [0.15, 0.2) is 0 Å². The minimum Gasteiger partial charge on any atom is -0.495 e. The van der Waals surface area contributed by atoms with Crippen LogP contribution in [0.15, 0.2) is 30.6 Å². The molecule has 2 amide bonds. The summed E-state index contributed by atoms with van der Waals surface area (Å²) in [5, 5.41) is 2.84. The minimum absolute atomic E-state index is 0. The van der Waals surface area contributed by atoms with Crippen molar-refractivity contribution in [3.63, 3.8) is 0 Å². The summed E-state index contributed by atoms with van der Waals surface area (Å²) in [6.07, 6.45) is 1.98. The molecule has 0 unspecified atom stereocenters. The van der Waals surface area contributed by atoms with Gasteiger partial charge >= 0.3 is 0 Å². The van der Waals surface area contributed by atoms with Crippen molar-refractivity contribution >= 4 is 29.9 Å². The average molecular weight is 351 g/mol. The van der Waals surface area contributed by atoms with Crippen LogP contribution in [-0.2, 0) is 22.6 Å². The highest BCUT2D eigenvalue weighted by molar-refractivity contribution is 5.98. The lowest BCUT2D eigenvalue weighted by Gasteiger charge is -2.33. The van der Waals surface area contributed by atoms with Crippen LogP contribution in [0.2, 0.25) is 0 Å². The van der Waals surface area contributed by atoms with Crippen LogP contribution in [0.3, 0.4) is 0 Å². The van der Waals surface area contributed by atoms with E-state index < -0.39 is 6.04 Å². The van der Waals surface area contributed by atoms with Gasteiger partial charge in [0.25, 0.3) is 0 Å². The fourth-order valence-electron chi connectivity index (χ4n) is 2.76. The summed E-state index contributed by atoms with van der Waals surface area (Å²) in [6.45, 7) is 1.82. The number of amides is 2. The lowest BCUT2D eigenvalue weighted by atomic mass is 10.0. The summed E-state index contributed by atoms with van der Waals surface area (Å²) in [5.74, 6) is 0.176. The van der Waals surface area contributed by atoms with Crippen molar-refractivity contribution < 1.29 is 14.3 Å². The second-order valence-corrected chi connectivity index (χ2v) is 5.38. The molecule has 7 nitrogen and oxygen atoms in total. The molecule has 128 valence electrons. The number of rotatable bonds is 3. The first-order chi connectivity index (χ1) is 11.1. The van der Waals surface area contributed by atoms with E-state index in [1.165, 1.54) is 6.92 Å². The molecule has 0 aliphatic carbocycles. The summed E-state index contributed by atoms with van der Waals surface area (Å²) in [6, 6.07) is 6.58. The molecule has 0 radical (unpaired) electrons. The highest BCUT2D eigenvalue weighted by atomic mass is 35.5. The predicted octanol–water partition coefficient (Wildman–Crippen LogP) is 1.75. The zero-order chi connectivity index (χ0) is 16.4. The molecule has 8 heteroatoms. The third-order valence-electron chi connectivity index (χ3n) is 3.97. The molecule has 0 saturated carbocycles. The zero-order valence-corrected chi connectivity index (χ0v) is 14.2. The number of halogens is 1. The summed E-state index contributed by atoms with van der Waals surface area (Å²) in [4.78, 5) is 33.4. The number of hydrogen-bond donors (Lipinski definition) is 2. The van der Waals surface area contributed by atoms with Crippen LogP contribution in [0.4, 0.5) is 5.69 Å². The van der Waals surface area contributed by atoms with Gasteiger partial charge in [-0.1, -0.05) is 12.1 Å². The Morgan fingerprint density at radius 1 is 1.38 bits per heavy atom. The summed E-state index contributed by atoms with van der Waals surface area (Å²) in [5.41, 5.74) is 2.28. The van der Waals surface area contributed by atoms with Gasteiger partial charge in [0.05, 0.1) is 37.1 Å². The van der Waals surface area contributed by atoms with E-state index in [-0.39, 0.29) is 24.2 Å². The van der Waals surface area contributed by atoms with Gasteiger partial charge in [0.2, 0.25) is 11.8 Å². The smallest absolute Gasteiger partial charge is 0.247 e. The molecule has 0 fully saturated rings. The Kier molecular flexibility index (Phi) is 5.46. The Balaban J connectivity index is 0.00000208. The molecular formula is C16H19ClN4O3. The number of benzene rings is 1. The van der Waals surface area contributed by atoms with Gasteiger partial charge in [-0.15, -0.1) is 12.4 Å². The molecule has 24 heavy (non-hydrogen) atoms. The zero-order valence-electron chi connectivity index (χ0n) is 13.4. The van der Waals surface area contributed by atoms with Crippen molar-refractivity contribution in [2.24, 2.45) is 0 Å². The number of nitrogens with zero attached hydrogens (tertiary/aromatic N) is 2. The van der Waals surface area contributed by atoms with Crippen LogP contribution in [-0.4, -0.2) is 39.8 Å². The van der Waals surface area contributed by atoms with Gasteiger partial charge in [-0.3, -0.25) is 9.59 Å². The molecule has 1 aliphatic rings. The van der Waals surface area contributed by atoms with Gasteiger partial charge in [0.1, 0.15) is 11.8 Å². The van der Waals surface area contributed by atoms with Crippen molar-refractivity contribution in [1.29, 1.82) is 0 Å². The van der Waals surface area contributed by atoms with Crippen LogP contribution < -0.4 is 10.1 Å². The van der Waals surface area contributed by atoms with Gasteiger partial charge in [0, 0.05) is 13.3 Å². The topological polar surface area (TPSA) is 87.3 Å². The number of carbonyl (C=O) groups is 2. The van der Waals surface area contributed by atoms with E-state index in [0.29, 0.717) is 24.4 Å². The minimum atomic E-state index is -0.590. The van der Waals surface area contributed by atoms with Crippen LogP contribution in [0.25, 0.3) is 0 Å². The quantitative estimate of drug-likeness (QED) is 0.882. The monoisotopic (exact) mass is 350 g/mol. The number of carbonyl (C=O) groups excluding carboxylic acids is 2. The molecule has 1 aliphatic heterocycles. The number of ether oxygens (including phenoxy) is 1. The third-order valence-corrected chi connectivity index (χ3v) is 3.97. The number of hydrogen-bond acceptors (Lipinski definition) is 4. The average Bonchev–Trinajstić information content (AvgIpc) is 3.01. The summed E-state index contributed by atoms with van der Waals surface area (Å²) in [7, 11) is 1.55. The SMILES string of the molecule is COc1ccccc1NC(=O)[C@@H]1Cc2nc[nH]c2CN1C(C)=O.Cl. The van der Waals surface area contributed by atoms with Gasteiger partial charge in [-0.05, 0) is 12.1 Å². The third kappa shape index (κ3) is 3.35. The van der Waals surface area contributed by atoms with E-state index in [1.807, 2.05) is 12.1 Å². The number of nitrogens with one attached hydrogen (secondary N) is 2. The number of methoxy groups -OCH3 is 1. The number of para-hydroxylation sites is 2. The van der Waals surface area contributed by atoms with Gasteiger partial charge < -0.3 is 19.9 Å². The maximum Gasteiger partial charge on any atom is 0.247 e. The molecule has 1 aromatic heterocycles. The van der Waals surface area contributed by atoms with Crippen molar-refractivity contribution in [3.8, 4) is 5.75 Å². The van der Waals surface area contributed by atoms with Crippen molar-refractivity contribution in [2.75, 3.05) is 12.4 Å². The van der Waals surface area contributed by atoms with Crippen LogP contribution >= 0.6 is 12.4 Å². The first kappa shape index (κ1) is 17.8. The largest absolute Gasteiger partial charge is 0.495 e.